The summed E-state index contributed by atoms with van der Waals surface area (Å²) in [6.07, 6.45) is 3.82. The zero-order valence-corrected chi connectivity index (χ0v) is 19.5. The molecule has 0 bridgehead atoms. The Hall–Kier alpha value is -2.65. The molecular weight excluding hydrogens is 489 g/mol. The van der Waals surface area contributed by atoms with Gasteiger partial charge < -0.3 is 5.32 Å². The molecule has 6 nitrogen and oxygen atoms in total. The Kier molecular flexibility index (Phi) is 6.95. The highest BCUT2D eigenvalue weighted by molar-refractivity contribution is 8.18. The summed E-state index contributed by atoms with van der Waals surface area (Å²) in [5.74, 6) is -0.991. The van der Waals surface area contributed by atoms with Gasteiger partial charge in [-0.2, -0.15) is 0 Å². The third-order valence-electron chi connectivity index (χ3n) is 4.45. The van der Waals surface area contributed by atoms with E-state index in [0.29, 0.717) is 21.6 Å². The molecule has 1 saturated heterocycles. The van der Waals surface area contributed by atoms with Gasteiger partial charge in [-0.25, -0.2) is 4.98 Å². The first-order valence-corrected chi connectivity index (χ1v) is 11.8. The average molecular weight is 504 g/mol. The second kappa shape index (κ2) is 9.87. The van der Waals surface area contributed by atoms with E-state index in [2.05, 4.69) is 10.3 Å². The summed E-state index contributed by atoms with van der Waals surface area (Å²) in [4.78, 5) is 43.5. The summed E-state index contributed by atoms with van der Waals surface area (Å²) in [6, 6.07) is 14.5. The Morgan fingerprint density at radius 1 is 1.12 bits per heavy atom. The molecule has 2 heterocycles. The van der Waals surface area contributed by atoms with Gasteiger partial charge in [0.25, 0.3) is 11.1 Å². The van der Waals surface area contributed by atoms with Gasteiger partial charge in [-0.3, -0.25) is 19.3 Å². The number of anilines is 1. The maximum Gasteiger partial charge on any atom is 0.294 e. The van der Waals surface area contributed by atoms with Gasteiger partial charge in [0.2, 0.25) is 5.91 Å². The van der Waals surface area contributed by atoms with Gasteiger partial charge in [0.05, 0.1) is 4.91 Å². The molecule has 1 fully saturated rings. The smallest absolute Gasteiger partial charge is 0.294 e. The van der Waals surface area contributed by atoms with E-state index in [1.165, 1.54) is 11.3 Å². The van der Waals surface area contributed by atoms with Crippen LogP contribution in [0.2, 0.25) is 10.0 Å². The van der Waals surface area contributed by atoms with Crippen molar-refractivity contribution < 1.29 is 14.4 Å². The van der Waals surface area contributed by atoms with Crippen LogP contribution in [-0.2, 0) is 16.0 Å². The normalized spacial score (nSPS) is 14.9. The Labute approximate surface area is 202 Å². The molecular formula is C22H15Cl2N3O3S2. The molecule has 0 saturated carbocycles. The van der Waals surface area contributed by atoms with Crippen molar-refractivity contribution >= 4 is 74.6 Å². The summed E-state index contributed by atoms with van der Waals surface area (Å²) >= 11 is 14.2. The highest BCUT2D eigenvalue weighted by Crippen LogP contribution is 2.32. The van der Waals surface area contributed by atoms with E-state index in [4.69, 9.17) is 23.2 Å². The quantitative estimate of drug-likeness (QED) is 0.435. The van der Waals surface area contributed by atoms with Gasteiger partial charge >= 0.3 is 0 Å². The maximum atomic E-state index is 12.6. The van der Waals surface area contributed by atoms with Crippen molar-refractivity contribution in [3.8, 4) is 0 Å². The van der Waals surface area contributed by atoms with Gasteiger partial charge in [-0.15, -0.1) is 11.3 Å². The van der Waals surface area contributed by atoms with E-state index in [9.17, 15) is 14.4 Å². The second-order valence-corrected chi connectivity index (χ2v) is 9.72. The summed E-state index contributed by atoms with van der Waals surface area (Å²) in [7, 11) is 0. The third-order valence-corrected chi connectivity index (χ3v) is 6.86. The fourth-order valence-electron chi connectivity index (χ4n) is 2.94. The zero-order chi connectivity index (χ0) is 22.7. The van der Waals surface area contributed by atoms with E-state index in [1.807, 2.05) is 36.4 Å². The van der Waals surface area contributed by atoms with Crippen LogP contribution >= 0.6 is 46.3 Å². The topological polar surface area (TPSA) is 79.4 Å². The fourth-order valence-corrected chi connectivity index (χ4v) is 5.10. The number of rotatable bonds is 6. The average Bonchev–Trinajstić information content (AvgIpc) is 3.30. The van der Waals surface area contributed by atoms with Crippen LogP contribution in [0.15, 0.2) is 59.6 Å². The molecule has 0 unspecified atom stereocenters. The molecule has 2 aromatic carbocycles. The molecule has 3 amide bonds. The van der Waals surface area contributed by atoms with Crippen LogP contribution in [0.5, 0.6) is 0 Å². The number of nitrogens with zero attached hydrogens (tertiary/aromatic N) is 2. The zero-order valence-electron chi connectivity index (χ0n) is 16.4. The number of benzene rings is 2. The predicted molar refractivity (Wildman–Crippen MR) is 129 cm³/mol. The number of nitrogens with one attached hydrogen (secondary N) is 1. The molecule has 0 radical (unpaired) electrons. The Bertz CT molecular complexity index is 1230. The molecule has 162 valence electrons. The number of thioether (sulfide) groups is 1. The van der Waals surface area contributed by atoms with Gasteiger partial charge in [0, 0.05) is 27.5 Å². The van der Waals surface area contributed by atoms with Gasteiger partial charge in [0.1, 0.15) is 6.54 Å². The number of hydrogen-bond acceptors (Lipinski definition) is 6. The monoisotopic (exact) mass is 503 g/mol. The van der Waals surface area contributed by atoms with Crippen molar-refractivity contribution in [2.75, 3.05) is 11.9 Å². The number of thiazole rings is 1. The van der Waals surface area contributed by atoms with Crippen LogP contribution in [0.25, 0.3) is 6.08 Å². The van der Waals surface area contributed by atoms with E-state index in [0.717, 1.165) is 32.7 Å². The lowest BCUT2D eigenvalue weighted by molar-refractivity contribution is -0.127. The Morgan fingerprint density at radius 2 is 1.91 bits per heavy atom. The minimum atomic E-state index is -0.501. The minimum absolute atomic E-state index is 0.283. The van der Waals surface area contributed by atoms with Gasteiger partial charge in [0.15, 0.2) is 5.13 Å². The van der Waals surface area contributed by atoms with Crippen molar-refractivity contribution in [3.63, 3.8) is 0 Å². The molecule has 0 atom stereocenters. The number of aromatic nitrogens is 1. The summed E-state index contributed by atoms with van der Waals surface area (Å²) in [6.45, 7) is -0.380. The first-order valence-electron chi connectivity index (χ1n) is 9.38. The SMILES string of the molecule is O=C(CN1C(=O)S/C(=C\c2ccccc2)C1=O)Nc1ncc(Cc2ccc(Cl)cc2Cl)s1. The van der Waals surface area contributed by atoms with E-state index >= 15 is 0 Å². The van der Waals surface area contributed by atoms with Crippen LogP contribution in [0.4, 0.5) is 9.93 Å². The number of hydrogen-bond donors (Lipinski definition) is 1. The van der Waals surface area contributed by atoms with Crippen LogP contribution in [0, 0.1) is 0 Å². The molecule has 1 aliphatic rings. The summed E-state index contributed by atoms with van der Waals surface area (Å²) in [5, 5.41) is 3.65. The van der Waals surface area contributed by atoms with Crippen molar-refractivity contribution in [1.82, 2.24) is 9.88 Å². The lowest BCUT2D eigenvalue weighted by Gasteiger charge is -2.11. The van der Waals surface area contributed by atoms with Crippen molar-refractivity contribution in [1.29, 1.82) is 0 Å². The summed E-state index contributed by atoms with van der Waals surface area (Å²) < 4.78 is 0. The predicted octanol–water partition coefficient (Wildman–Crippen LogP) is 5.72. The molecule has 10 heteroatoms. The molecule has 32 heavy (non-hydrogen) atoms. The van der Waals surface area contributed by atoms with Crippen LogP contribution in [0.3, 0.4) is 0 Å². The standard InChI is InChI=1S/C22H15Cl2N3O3S2/c23-15-7-6-14(17(24)10-15)9-16-11-25-21(31-16)26-19(28)12-27-20(29)18(32-22(27)30)8-13-4-2-1-3-5-13/h1-8,10-11H,9,12H2,(H,25,26,28)/b18-8-. The lowest BCUT2D eigenvalue weighted by atomic mass is 10.1. The van der Waals surface area contributed by atoms with Gasteiger partial charge in [-0.05, 0) is 41.1 Å². The van der Waals surface area contributed by atoms with E-state index < -0.39 is 17.1 Å². The number of halogens is 2. The molecule has 3 aromatic rings. The van der Waals surface area contributed by atoms with Crippen molar-refractivity contribution in [3.05, 3.63) is 85.7 Å². The largest absolute Gasteiger partial charge is 0.300 e. The van der Waals surface area contributed by atoms with Crippen molar-refractivity contribution in [2.24, 2.45) is 0 Å². The second-order valence-electron chi connectivity index (χ2n) is 6.77. The molecule has 4 rings (SSSR count). The number of carbonyl (C=O) groups excluding carboxylic acids is 3. The summed E-state index contributed by atoms with van der Waals surface area (Å²) in [5.41, 5.74) is 1.69. The molecule has 1 N–H and O–H groups in total. The molecule has 1 aromatic heterocycles. The first-order chi connectivity index (χ1) is 15.4. The van der Waals surface area contributed by atoms with Gasteiger partial charge in [-0.1, -0.05) is 59.6 Å². The fraction of sp³-hybridized carbons (Fsp3) is 0.0909. The van der Waals surface area contributed by atoms with Crippen LogP contribution in [-0.4, -0.2) is 33.5 Å². The molecule has 0 spiro atoms. The van der Waals surface area contributed by atoms with Crippen molar-refractivity contribution in [2.45, 2.75) is 6.42 Å². The minimum Gasteiger partial charge on any atom is -0.300 e. The maximum absolute atomic E-state index is 12.6. The molecule has 1 aliphatic heterocycles. The third kappa shape index (κ3) is 5.39. The number of imide groups is 1. The van der Waals surface area contributed by atoms with Crippen LogP contribution < -0.4 is 5.32 Å². The number of amides is 3. The Morgan fingerprint density at radius 3 is 2.66 bits per heavy atom. The van der Waals surface area contributed by atoms with E-state index in [-0.39, 0.29) is 11.4 Å². The lowest BCUT2D eigenvalue weighted by Crippen LogP contribution is -2.36. The first kappa shape index (κ1) is 22.5. The molecule has 0 aliphatic carbocycles. The number of carbonyl (C=O) groups is 3. The van der Waals surface area contributed by atoms with E-state index in [1.54, 1.807) is 24.4 Å². The Balaban J connectivity index is 1.37. The highest BCUT2D eigenvalue weighted by Gasteiger charge is 2.36. The highest BCUT2D eigenvalue weighted by atomic mass is 35.5. The van der Waals surface area contributed by atoms with Crippen LogP contribution in [0.1, 0.15) is 16.0 Å².